The molecule has 0 saturated heterocycles. The van der Waals surface area contributed by atoms with Gasteiger partial charge in [-0.05, 0) is 53.4 Å². The zero-order valence-electron chi connectivity index (χ0n) is 10.2. The fourth-order valence-electron chi connectivity index (χ4n) is 2.02. The van der Waals surface area contributed by atoms with Crippen molar-refractivity contribution < 1.29 is 14.7 Å². The van der Waals surface area contributed by atoms with Gasteiger partial charge in [0.15, 0.2) is 0 Å². The first-order valence-electron chi connectivity index (χ1n) is 6.06. The predicted molar refractivity (Wildman–Crippen MR) is 76.2 cm³/mol. The number of carbonyl (C=O) groups excluding carboxylic acids is 1. The molecule has 1 aliphatic carbocycles. The van der Waals surface area contributed by atoms with Crippen LogP contribution in [0.5, 0.6) is 0 Å². The van der Waals surface area contributed by atoms with Gasteiger partial charge in [0, 0.05) is 10.4 Å². The van der Waals surface area contributed by atoms with E-state index in [-0.39, 0.29) is 17.4 Å². The molecule has 0 fully saturated rings. The molecular formula is C14H14BrNO3. The third-order valence-electron chi connectivity index (χ3n) is 3.11. The van der Waals surface area contributed by atoms with Crippen molar-refractivity contribution in [3.8, 4) is 0 Å². The van der Waals surface area contributed by atoms with E-state index in [9.17, 15) is 9.59 Å². The van der Waals surface area contributed by atoms with Gasteiger partial charge in [-0.2, -0.15) is 0 Å². The number of amides is 1. The number of hydrogen-bond acceptors (Lipinski definition) is 2. The van der Waals surface area contributed by atoms with Crippen molar-refractivity contribution in [3.63, 3.8) is 0 Å². The van der Waals surface area contributed by atoms with Gasteiger partial charge in [0.2, 0.25) is 5.91 Å². The molecule has 4 nitrogen and oxygen atoms in total. The first kappa shape index (κ1) is 13.8. The van der Waals surface area contributed by atoms with E-state index in [2.05, 4.69) is 27.3 Å². The van der Waals surface area contributed by atoms with Crippen LogP contribution in [0.15, 0.2) is 34.8 Å². The molecule has 1 aromatic rings. The fourth-order valence-corrected chi connectivity index (χ4v) is 2.49. The molecule has 0 saturated carbocycles. The Hall–Kier alpha value is -1.62. The quantitative estimate of drug-likeness (QED) is 0.837. The van der Waals surface area contributed by atoms with Gasteiger partial charge in [-0.25, -0.2) is 4.79 Å². The molecule has 2 rings (SSSR count). The van der Waals surface area contributed by atoms with E-state index >= 15 is 0 Å². The van der Waals surface area contributed by atoms with Crippen molar-refractivity contribution in [2.24, 2.45) is 5.92 Å². The molecule has 2 N–H and O–H groups in total. The van der Waals surface area contributed by atoms with Gasteiger partial charge >= 0.3 is 5.97 Å². The summed E-state index contributed by atoms with van der Waals surface area (Å²) in [6.07, 6.45) is 6.65. The summed E-state index contributed by atoms with van der Waals surface area (Å²) in [7, 11) is 0. The molecule has 1 unspecified atom stereocenters. The molecule has 1 amide bonds. The minimum Gasteiger partial charge on any atom is -0.478 e. The number of carboxylic acid groups (broad SMARTS) is 1. The lowest BCUT2D eigenvalue weighted by Crippen LogP contribution is -2.23. The molecular weight excluding hydrogens is 310 g/mol. The lowest BCUT2D eigenvalue weighted by molar-refractivity contribution is -0.120. The molecule has 0 aromatic heterocycles. The maximum absolute atomic E-state index is 12.1. The molecule has 1 aliphatic rings. The Morgan fingerprint density at radius 2 is 2.11 bits per heavy atom. The van der Waals surface area contributed by atoms with Gasteiger partial charge in [-0.3, -0.25) is 4.79 Å². The summed E-state index contributed by atoms with van der Waals surface area (Å²) in [6.45, 7) is 0. The maximum Gasteiger partial charge on any atom is 0.335 e. The van der Waals surface area contributed by atoms with Crippen molar-refractivity contribution in [2.45, 2.75) is 19.3 Å². The van der Waals surface area contributed by atoms with E-state index in [1.54, 1.807) is 6.07 Å². The first-order valence-corrected chi connectivity index (χ1v) is 6.86. The summed E-state index contributed by atoms with van der Waals surface area (Å²) in [5.41, 5.74) is 0.787. The van der Waals surface area contributed by atoms with E-state index in [1.807, 2.05) is 6.08 Å². The summed E-state index contributed by atoms with van der Waals surface area (Å²) < 4.78 is 0.576. The van der Waals surface area contributed by atoms with Gasteiger partial charge in [0.05, 0.1) is 11.3 Å². The highest BCUT2D eigenvalue weighted by molar-refractivity contribution is 9.10. The Bertz CT molecular complexity index is 539. The fraction of sp³-hybridized carbons (Fsp3) is 0.286. The molecule has 0 radical (unpaired) electrons. The molecule has 100 valence electrons. The van der Waals surface area contributed by atoms with Crippen LogP contribution in [-0.4, -0.2) is 17.0 Å². The number of halogens is 1. The molecule has 19 heavy (non-hydrogen) atoms. The monoisotopic (exact) mass is 323 g/mol. The van der Waals surface area contributed by atoms with E-state index < -0.39 is 5.97 Å². The van der Waals surface area contributed by atoms with Gasteiger partial charge in [-0.15, -0.1) is 0 Å². The highest BCUT2D eigenvalue weighted by Crippen LogP contribution is 2.26. The largest absolute Gasteiger partial charge is 0.478 e. The lowest BCUT2D eigenvalue weighted by atomic mass is 9.93. The number of aromatic carboxylic acids is 1. The van der Waals surface area contributed by atoms with Gasteiger partial charge < -0.3 is 10.4 Å². The summed E-state index contributed by atoms with van der Waals surface area (Å²) in [5.74, 6) is -1.01. The topological polar surface area (TPSA) is 66.4 Å². The number of benzene rings is 1. The number of hydrogen-bond donors (Lipinski definition) is 2. The van der Waals surface area contributed by atoms with Crippen LogP contribution in [0.25, 0.3) is 0 Å². The van der Waals surface area contributed by atoms with Crippen LogP contribution in [0.3, 0.4) is 0 Å². The van der Waals surface area contributed by atoms with Crippen LogP contribution in [0.4, 0.5) is 5.69 Å². The minimum absolute atomic E-state index is 0.00366. The predicted octanol–water partition coefficient (Wildman–Crippen LogP) is 3.44. The second kappa shape index (κ2) is 6.02. The lowest BCUT2D eigenvalue weighted by Gasteiger charge is -2.17. The Labute approximate surface area is 119 Å². The van der Waals surface area contributed by atoms with Crippen LogP contribution >= 0.6 is 15.9 Å². The van der Waals surface area contributed by atoms with Crippen LogP contribution in [0.2, 0.25) is 0 Å². The number of carboxylic acids is 1. The highest BCUT2D eigenvalue weighted by Gasteiger charge is 2.19. The maximum atomic E-state index is 12.1. The summed E-state index contributed by atoms with van der Waals surface area (Å²) in [4.78, 5) is 22.9. The first-order chi connectivity index (χ1) is 9.08. The number of nitrogens with one attached hydrogen (secondary N) is 1. The second-order valence-corrected chi connectivity index (χ2v) is 5.32. The Morgan fingerprint density at radius 1 is 1.32 bits per heavy atom. The van der Waals surface area contributed by atoms with Crippen molar-refractivity contribution in [3.05, 3.63) is 40.4 Å². The molecule has 0 bridgehead atoms. The Morgan fingerprint density at radius 3 is 2.68 bits per heavy atom. The normalized spacial score (nSPS) is 18.1. The van der Waals surface area contributed by atoms with Gasteiger partial charge in [-0.1, -0.05) is 12.2 Å². The van der Waals surface area contributed by atoms with Gasteiger partial charge in [0.25, 0.3) is 0 Å². The van der Waals surface area contributed by atoms with E-state index in [1.165, 1.54) is 12.1 Å². The summed E-state index contributed by atoms with van der Waals surface area (Å²) in [5, 5.41) is 11.7. The Balaban J connectivity index is 2.08. The van der Waals surface area contributed by atoms with Crippen LogP contribution in [0.1, 0.15) is 29.6 Å². The third-order valence-corrected chi connectivity index (χ3v) is 3.77. The standard InChI is InChI=1S/C14H14BrNO3/c15-11-8-10(14(18)19)6-7-12(11)16-13(17)9-4-2-1-3-5-9/h1-2,6-9H,3-5H2,(H,16,17)(H,18,19). The van der Waals surface area contributed by atoms with Crippen molar-refractivity contribution in [1.82, 2.24) is 0 Å². The molecule has 1 atom stereocenters. The molecule has 5 heteroatoms. The van der Waals surface area contributed by atoms with E-state index in [0.29, 0.717) is 10.2 Å². The number of anilines is 1. The van der Waals surface area contributed by atoms with Crippen LogP contribution in [0, 0.1) is 5.92 Å². The van der Waals surface area contributed by atoms with Crippen LogP contribution in [-0.2, 0) is 4.79 Å². The average Bonchev–Trinajstić information content (AvgIpc) is 2.41. The zero-order chi connectivity index (χ0) is 13.8. The highest BCUT2D eigenvalue weighted by atomic mass is 79.9. The van der Waals surface area contributed by atoms with Gasteiger partial charge in [0.1, 0.15) is 0 Å². The number of rotatable bonds is 3. The molecule has 0 aliphatic heterocycles. The minimum atomic E-state index is -0.990. The summed E-state index contributed by atoms with van der Waals surface area (Å²) >= 11 is 3.28. The molecule has 0 spiro atoms. The average molecular weight is 324 g/mol. The third kappa shape index (κ3) is 3.44. The van der Waals surface area contributed by atoms with E-state index in [4.69, 9.17) is 5.11 Å². The van der Waals surface area contributed by atoms with Crippen molar-refractivity contribution in [2.75, 3.05) is 5.32 Å². The smallest absolute Gasteiger partial charge is 0.335 e. The zero-order valence-corrected chi connectivity index (χ0v) is 11.8. The Kier molecular flexibility index (Phi) is 4.37. The van der Waals surface area contributed by atoms with Crippen molar-refractivity contribution in [1.29, 1.82) is 0 Å². The molecule has 0 heterocycles. The SMILES string of the molecule is O=C(O)c1ccc(NC(=O)C2CC=CCC2)c(Br)c1. The second-order valence-electron chi connectivity index (χ2n) is 4.47. The van der Waals surface area contributed by atoms with E-state index in [0.717, 1.165) is 19.3 Å². The number of carbonyl (C=O) groups is 2. The van der Waals surface area contributed by atoms with Crippen LogP contribution < -0.4 is 5.32 Å². The summed E-state index contributed by atoms with van der Waals surface area (Å²) in [6, 6.07) is 4.56. The van der Waals surface area contributed by atoms with Crippen molar-refractivity contribution >= 4 is 33.5 Å². The number of allylic oxidation sites excluding steroid dienone is 2. The molecule has 1 aromatic carbocycles.